The summed E-state index contributed by atoms with van der Waals surface area (Å²) >= 11 is 0. The Balaban J connectivity index is 2.44. The number of piperidine rings is 1. The zero-order chi connectivity index (χ0) is 14.9. The maximum absolute atomic E-state index is 11.4. The first kappa shape index (κ1) is 14.3. The van der Waals surface area contributed by atoms with E-state index < -0.39 is 10.9 Å². The van der Waals surface area contributed by atoms with Gasteiger partial charge in [-0.1, -0.05) is 6.92 Å². The van der Waals surface area contributed by atoms with Crippen LogP contribution in [0.2, 0.25) is 0 Å². The Morgan fingerprint density at radius 1 is 1.40 bits per heavy atom. The summed E-state index contributed by atoms with van der Waals surface area (Å²) in [4.78, 5) is 23.6. The van der Waals surface area contributed by atoms with Gasteiger partial charge in [-0.3, -0.25) is 10.1 Å². The summed E-state index contributed by atoms with van der Waals surface area (Å²) in [5.41, 5.74) is 0.381. The van der Waals surface area contributed by atoms with Gasteiger partial charge in [-0.2, -0.15) is 0 Å². The second kappa shape index (κ2) is 5.48. The van der Waals surface area contributed by atoms with Crippen molar-refractivity contribution in [3.8, 4) is 0 Å². The maximum Gasteiger partial charge on any atom is 0.338 e. The Morgan fingerprint density at radius 3 is 2.70 bits per heavy atom. The van der Waals surface area contributed by atoms with E-state index in [0.29, 0.717) is 11.6 Å². The van der Waals surface area contributed by atoms with Crippen LogP contribution in [0.1, 0.15) is 37.0 Å². The van der Waals surface area contributed by atoms with E-state index >= 15 is 0 Å². The Hall–Kier alpha value is -2.11. The summed E-state index contributed by atoms with van der Waals surface area (Å²) in [6.45, 7) is 4.96. The van der Waals surface area contributed by atoms with E-state index in [9.17, 15) is 20.0 Å². The van der Waals surface area contributed by atoms with Gasteiger partial charge in [0.05, 0.1) is 16.2 Å². The van der Waals surface area contributed by atoms with Crippen molar-refractivity contribution >= 4 is 17.3 Å². The number of nitro groups is 1. The molecule has 1 N–H and O–H groups in total. The van der Waals surface area contributed by atoms with Crippen LogP contribution in [-0.2, 0) is 0 Å². The minimum Gasteiger partial charge on any atom is -0.478 e. The fourth-order valence-corrected chi connectivity index (χ4v) is 2.68. The molecule has 2 rings (SSSR count). The third-order valence-electron chi connectivity index (χ3n) is 3.85. The molecule has 1 heterocycles. The summed E-state index contributed by atoms with van der Waals surface area (Å²) in [5.74, 6) is -0.642. The molecular weight excluding hydrogens is 260 g/mol. The number of hydrogen-bond donors (Lipinski definition) is 1. The second-order valence-corrected chi connectivity index (χ2v) is 5.45. The number of anilines is 1. The molecule has 1 aliphatic rings. The fourth-order valence-electron chi connectivity index (χ4n) is 2.68. The largest absolute Gasteiger partial charge is 0.478 e. The predicted molar refractivity (Wildman–Crippen MR) is 75.3 cm³/mol. The summed E-state index contributed by atoms with van der Waals surface area (Å²) < 4.78 is 0. The van der Waals surface area contributed by atoms with Gasteiger partial charge in [0.1, 0.15) is 0 Å². The zero-order valence-electron chi connectivity index (χ0n) is 11.6. The highest BCUT2D eigenvalue weighted by Crippen LogP contribution is 2.32. The number of carboxylic acid groups (broad SMARTS) is 1. The van der Waals surface area contributed by atoms with Crippen LogP contribution in [0, 0.1) is 16.0 Å². The Kier molecular flexibility index (Phi) is 3.92. The average molecular weight is 278 g/mol. The molecule has 0 amide bonds. The van der Waals surface area contributed by atoms with Crippen LogP contribution >= 0.6 is 0 Å². The zero-order valence-corrected chi connectivity index (χ0v) is 11.6. The SMILES string of the molecule is CC1CCC(C)N(c2ccc([N+](=O)[O-])cc2C(=O)O)C1. The average Bonchev–Trinajstić information content (AvgIpc) is 2.40. The van der Waals surface area contributed by atoms with Gasteiger partial charge >= 0.3 is 5.97 Å². The summed E-state index contributed by atoms with van der Waals surface area (Å²) in [5, 5.41) is 20.1. The van der Waals surface area contributed by atoms with Crippen LogP contribution in [0.5, 0.6) is 0 Å². The van der Waals surface area contributed by atoms with Crippen LogP contribution < -0.4 is 4.90 Å². The van der Waals surface area contributed by atoms with Crippen LogP contribution in [0.15, 0.2) is 18.2 Å². The highest BCUT2D eigenvalue weighted by atomic mass is 16.6. The number of aromatic carboxylic acids is 1. The first-order chi connectivity index (χ1) is 9.40. The molecule has 0 bridgehead atoms. The molecule has 2 unspecified atom stereocenters. The molecule has 2 atom stereocenters. The van der Waals surface area contributed by atoms with E-state index in [-0.39, 0.29) is 17.3 Å². The van der Waals surface area contributed by atoms with E-state index in [1.165, 1.54) is 6.07 Å². The molecule has 6 nitrogen and oxygen atoms in total. The first-order valence-corrected chi connectivity index (χ1v) is 6.68. The van der Waals surface area contributed by atoms with Gasteiger partial charge in [0.15, 0.2) is 0 Å². The van der Waals surface area contributed by atoms with Gasteiger partial charge in [-0.25, -0.2) is 4.79 Å². The minimum atomic E-state index is -1.13. The first-order valence-electron chi connectivity index (χ1n) is 6.68. The van der Waals surface area contributed by atoms with E-state index in [0.717, 1.165) is 25.5 Å². The molecule has 108 valence electrons. The van der Waals surface area contributed by atoms with E-state index in [4.69, 9.17) is 0 Å². The lowest BCUT2D eigenvalue weighted by Gasteiger charge is -2.39. The molecule has 1 saturated heterocycles. The third-order valence-corrected chi connectivity index (χ3v) is 3.85. The number of carbonyl (C=O) groups is 1. The van der Waals surface area contributed by atoms with Crippen LogP contribution in [0.3, 0.4) is 0 Å². The smallest absolute Gasteiger partial charge is 0.338 e. The van der Waals surface area contributed by atoms with Gasteiger partial charge in [-0.05, 0) is 31.7 Å². The number of hydrogen-bond acceptors (Lipinski definition) is 4. The lowest BCUT2D eigenvalue weighted by Crippen LogP contribution is -2.41. The van der Waals surface area contributed by atoms with E-state index in [1.54, 1.807) is 6.07 Å². The Morgan fingerprint density at radius 2 is 2.10 bits per heavy atom. The number of nitrogens with zero attached hydrogens (tertiary/aromatic N) is 2. The molecule has 1 aromatic carbocycles. The van der Waals surface area contributed by atoms with Crippen LogP contribution in [0.25, 0.3) is 0 Å². The molecular formula is C14H18N2O4. The standard InChI is InChI=1S/C14H18N2O4/c1-9-3-4-10(2)15(8-9)13-6-5-11(16(19)20)7-12(13)14(17)18/h5-7,9-10H,3-4,8H2,1-2H3,(H,17,18). The van der Waals surface area contributed by atoms with Crippen molar-refractivity contribution in [3.05, 3.63) is 33.9 Å². The lowest BCUT2D eigenvalue weighted by molar-refractivity contribution is -0.384. The molecule has 0 radical (unpaired) electrons. The van der Waals surface area contributed by atoms with Crippen molar-refractivity contribution < 1.29 is 14.8 Å². The Bertz CT molecular complexity index is 544. The van der Waals surface area contributed by atoms with Crippen molar-refractivity contribution in [1.82, 2.24) is 0 Å². The summed E-state index contributed by atoms with van der Waals surface area (Å²) in [7, 11) is 0. The number of benzene rings is 1. The van der Waals surface area contributed by atoms with Crippen LogP contribution in [0.4, 0.5) is 11.4 Å². The molecule has 20 heavy (non-hydrogen) atoms. The van der Waals surface area contributed by atoms with Crippen molar-refractivity contribution in [2.45, 2.75) is 32.7 Å². The summed E-state index contributed by atoms with van der Waals surface area (Å²) in [6.07, 6.45) is 2.12. The highest BCUT2D eigenvalue weighted by Gasteiger charge is 2.27. The van der Waals surface area contributed by atoms with E-state index in [1.807, 2.05) is 4.90 Å². The number of rotatable bonds is 3. The van der Waals surface area contributed by atoms with Gasteiger partial charge < -0.3 is 10.0 Å². The molecule has 0 spiro atoms. The second-order valence-electron chi connectivity index (χ2n) is 5.45. The molecule has 6 heteroatoms. The minimum absolute atomic E-state index is 0.000139. The predicted octanol–water partition coefficient (Wildman–Crippen LogP) is 2.92. The lowest BCUT2D eigenvalue weighted by atomic mass is 9.93. The molecule has 1 aliphatic heterocycles. The van der Waals surface area contributed by atoms with Gasteiger partial charge in [0.25, 0.3) is 5.69 Å². The van der Waals surface area contributed by atoms with Gasteiger partial charge in [0.2, 0.25) is 0 Å². The molecule has 1 fully saturated rings. The Labute approximate surface area is 117 Å². The molecule has 1 aromatic rings. The van der Waals surface area contributed by atoms with Crippen molar-refractivity contribution in [1.29, 1.82) is 0 Å². The maximum atomic E-state index is 11.4. The quantitative estimate of drug-likeness (QED) is 0.679. The molecule has 0 aromatic heterocycles. The van der Waals surface area contributed by atoms with Crippen molar-refractivity contribution in [2.24, 2.45) is 5.92 Å². The number of non-ortho nitro benzene ring substituents is 1. The monoisotopic (exact) mass is 278 g/mol. The van der Waals surface area contributed by atoms with Crippen molar-refractivity contribution in [3.63, 3.8) is 0 Å². The normalized spacial score (nSPS) is 22.6. The fraction of sp³-hybridized carbons (Fsp3) is 0.500. The topological polar surface area (TPSA) is 83.7 Å². The molecule has 0 saturated carbocycles. The highest BCUT2D eigenvalue weighted by molar-refractivity contribution is 5.95. The van der Waals surface area contributed by atoms with Gasteiger partial charge in [0, 0.05) is 24.7 Å². The van der Waals surface area contributed by atoms with Gasteiger partial charge in [-0.15, -0.1) is 0 Å². The number of nitro benzene ring substituents is 1. The van der Waals surface area contributed by atoms with Crippen LogP contribution in [-0.4, -0.2) is 28.6 Å². The van der Waals surface area contributed by atoms with E-state index in [2.05, 4.69) is 13.8 Å². The summed E-state index contributed by atoms with van der Waals surface area (Å²) in [6, 6.07) is 4.30. The van der Waals surface area contributed by atoms with Crippen molar-refractivity contribution in [2.75, 3.05) is 11.4 Å². The molecule has 0 aliphatic carbocycles. The third kappa shape index (κ3) is 2.74. The number of carboxylic acids is 1.